The van der Waals surface area contributed by atoms with Gasteiger partial charge in [0.05, 0.1) is 5.92 Å². The number of nitrogens with zero attached hydrogens (tertiary/aromatic N) is 1. The van der Waals surface area contributed by atoms with E-state index in [0.29, 0.717) is 5.02 Å². The first-order chi connectivity index (χ1) is 8.18. The monoisotopic (exact) mass is 249 g/mol. The summed E-state index contributed by atoms with van der Waals surface area (Å²) in [5.41, 5.74) is 0.924. The van der Waals surface area contributed by atoms with Crippen molar-refractivity contribution < 1.29 is 4.92 Å². The van der Waals surface area contributed by atoms with Crippen molar-refractivity contribution in [3.63, 3.8) is 0 Å². The van der Waals surface area contributed by atoms with Crippen LogP contribution in [0.5, 0.6) is 0 Å². The second-order valence-corrected chi connectivity index (χ2v) is 5.18. The summed E-state index contributed by atoms with van der Waals surface area (Å²) in [6.07, 6.45) is 4.99. The molecule has 0 spiro atoms. The van der Waals surface area contributed by atoms with Crippen molar-refractivity contribution in [3.8, 4) is 0 Å². The van der Waals surface area contributed by atoms with Crippen molar-refractivity contribution in [1.29, 1.82) is 0 Å². The molecule has 1 fully saturated rings. The molecule has 1 aromatic carbocycles. The SMILES string of the molecule is O=[N+]([O-])[C@@H]1[C@@H](c2ccccc2Cl)[C@@H]2C=C[C@H]1C2. The lowest BCUT2D eigenvalue weighted by Gasteiger charge is -2.22. The Morgan fingerprint density at radius 1 is 1.24 bits per heavy atom. The van der Waals surface area contributed by atoms with Crippen LogP contribution < -0.4 is 0 Å². The van der Waals surface area contributed by atoms with Crippen LogP contribution in [0.1, 0.15) is 17.9 Å². The fourth-order valence-electron chi connectivity index (χ4n) is 3.24. The van der Waals surface area contributed by atoms with E-state index in [9.17, 15) is 10.1 Å². The van der Waals surface area contributed by atoms with Crippen molar-refractivity contribution in [2.24, 2.45) is 11.8 Å². The van der Waals surface area contributed by atoms with Crippen LogP contribution in [0.2, 0.25) is 5.02 Å². The summed E-state index contributed by atoms with van der Waals surface area (Å²) in [6, 6.07) is 6.97. The minimum absolute atomic E-state index is 0.0614. The third-order valence-electron chi connectivity index (χ3n) is 3.93. The van der Waals surface area contributed by atoms with Gasteiger partial charge in [0.15, 0.2) is 0 Å². The van der Waals surface area contributed by atoms with Gasteiger partial charge in [0.25, 0.3) is 0 Å². The third kappa shape index (κ3) is 1.57. The molecule has 1 saturated carbocycles. The lowest BCUT2D eigenvalue weighted by Crippen LogP contribution is -2.31. The molecular weight excluding hydrogens is 238 g/mol. The van der Waals surface area contributed by atoms with Gasteiger partial charge in [0.2, 0.25) is 6.04 Å². The fraction of sp³-hybridized carbons (Fsp3) is 0.385. The molecule has 4 atom stereocenters. The van der Waals surface area contributed by atoms with Crippen molar-refractivity contribution >= 4 is 11.6 Å². The maximum absolute atomic E-state index is 11.2. The van der Waals surface area contributed by atoms with Crippen molar-refractivity contribution in [1.82, 2.24) is 0 Å². The molecule has 1 aromatic rings. The van der Waals surface area contributed by atoms with Crippen LogP contribution in [0.4, 0.5) is 0 Å². The second-order valence-electron chi connectivity index (χ2n) is 4.77. The molecule has 0 aliphatic heterocycles. The highest BCUT2D eigenvalue weighted by atomic mass is 35.5. The molecular formula is C13H12ClNO2. The van der Waals surface area contributed by atoms with Gasteiger partial charge in [-0.15, -0.1) is 0 Å². The molecule has 0 saturated heterocycles. The van der Waals surface area contributed by atoms with Crippen LogP contribution in [0.25, 0.3) is 0 Å². The maximum atomic E-state index is 11.2. The summed E-state index contributed by atoms with van der Waals surface area (Å²) in [6.45, 7) is 0. The summed E-state index contributed by atoms with van der Waals surface area (Å²) in [5.74, 6) is 0.292. The first-order valence-electron chi connectivity index (χ1n) is 5.74. The first-order valence-corrected chi connectivity index (χ1v) is 6.12. The molecule has 0 heterocycles. The lowest BCUT2D eigenvalue weighted by atomic mass is 9.83. The molecule has 2 aliphatic carbocycles. The number of fused-ring (bicyclic) bond motifs is 2. The zero-order valence-electron chi connectivity index (χ0n) is 9.12. The Morgan fingerprint density at radius 3 is 2.65 bits per heavy atom. The van der Waals surface area contributed by atoms with Crippen LogP contribution in [-0.2, 0) is 0 Å². The Kier molecular flexibility index (Phi) is 2.44. The molecule has 3 nitrogen and oxygen atoms in total. The number of allylic oxidation sites excluding steroid dienone is 1. The Balaban J connectivity index is 2.05. The normalized spacial score (nSPS) is 34.2. The van der Waals surface area contributed by atoms with E-state index in [1.165, 1.54) is 0 Å². The zero-order valence-corrected chi connectivity index (χ0v) is 9.88. The molecule has 0 N–H and O–H groups in total. The summed E-state index contributed by atoms with van der Waals surface area (Å²) in [7, 11) is 0. The highest BCUT2D eigenvalue weighted by Gasteiger charge is 2.52. The van der Waals surface area contributed by atoms with E-state index in [2.05, 4.69) is 6.08 Å². The molecule has 0 aromatic heterocycles. The molecule has 3 rings (SSSR count). The van der Waals surface area contributed by atoms with E-state index in [-0.39, 0.29) is 22.7 Å². The summed E-state index contributed by atoms with van der Waals surface area (Å²) in [5, 5.41) is 11.9. The van der Waals surface area contributed by atoms with Gasteiger partial charge < -0.3 is 0 Å². The molecule has 2 bridgehead atoms. The lowest BCUT2D eigenvalue weighted by molar-refractivity contribution is -0.530. The molecule has 0 amide bonds. The largest absolute Gasteiger partial charge is 0.264 e. The van der Waals surface area contributed by atoms with E-state index in [0.717, 1.165) is 12.0 Å². The Bertz CT molecular complexity index is 500. The molecule has 2 aliphatic rings. The van der Waals surface area contributed by atoms with Gasteiger partial charge in [-0.2, -0.15) is 0 Å². The number of hydrogen-bond acceptors (Lipinski definition) is 2. The van der Waals surface area contributed by atoms with Crippen molar-refractivity contribution in [2.45, 2.75) is 18.4 Å². The van der Waals surface area contributed by atoms with Gasteiger partial charge in [0.1, 0.15) is 0 Å². The summed E-state index contributed by atoms with van der Waals surface area (Å²) >= 11 is 6.16. The molecule has 17 heavy (non-hydrogen) atoms. The topological polar surface area (TPSA) is 43.1 Å². The van der Waals surface area contributed by atoms with E-state index in [1.54, 1.807) is 0 Å². The van der Waals surface area contributed by atoms with Crippen molar-refractivity contribution in [2.75, 3.05) is 0 Å². The standard InChI is InChI=1S/C13H12ClNO2/c14-11-4-2-1-3-10(11)12-8-5-6-9(7-8)13(12)15(16)17/h1-6,8-9,12-13H,7H2/t8-,9+,12-,13+/m1/s1. The highest BCUT2D eigenvalue weighted by Crippen LogP contribution is 2.51. The number of nitro groups is 1. The van der Waals surface area contributed by atoms with Gasteiger partial charge in [0, 0.05) is 15.9 Å². The maximum Gasteiger partial charge on any atom is 0.226 e. The van der Waals surface area contributed by atoms with Crippen LogP contribution in [0.3, 0.4) is 0 Å². The van der Waals surface area contributed by atoms with Crippen molar-refractivity contribution in [3.05, 3.63) is 57.1 Å². The summed E-state index contributed by atoms with van der Waals surface area (Å²) in [4.78, 5) is 11.1. The molecule has 88 valence electrons. The number of rotatable bonds is 2. The Hall–Kier alpha value is -1.35. The Labute approximate surface area is 104 Å². The van der Waals surface area contributed by atoms with Crippen LogP contribution in [0.15, 0.2) is 36.4 Å². The smallest absolute Gasteiger partial charge is 0.226 e. The molecule has 4 heteroatoms. The average Bonchev–Trinajstić information content (AvgIpc) is 2.89. The van der Waals surface area contributed by atoms with E-state index in [1.807, 2.05) is 30.3 Å². The molecule has 0 radical (unpaired) electrons. The quantitative estimate of drug-likeness (QED) is 0.459. The minimum atomic E-state index is -0.509. The van der Waals surface area contributed by atoms with Crippen LogP contribution >= 0.6 is 11.6 Å². The number of hydrogen-bond donors (Lipinski definition) is 0. The van der Waals surface area contributed by atoms with E-state index >= 15 is 0 Å². The van der Waals surface area contributed by atoms with Gasteiger partial charge in [-0.3, -0.25) is 10.1 Å². The molecule has 0 unspecified atom stereocenters. The van der Waals surface area contributed by atoms with E-state index < -0.39 is 6.04 Å². The van der Waals surface area contributed by atoms with Gasteiger partial charge in [-0.25, -0.2) is 0 Å². The van der Waals surface area contributed by atoms with Gasteiger partial charge >= 0.3 is 0 Å². The predicted octanol–water partition coefficient (Wildman–Crippen LogP) is 3.27. The minimum Gasteiger partial charge on any atom is -0.264 e. The predicted molar refractivity (Wildman–Crippen MR) is 65.7 cm³/mol. The second kappa shape index (κ2) is 3.84. The average molecular weight is 250 g/mol. The number of benzene rings is 1. The van der Waals surface area contributed by atoms with Crippen LogP contribution in [0, 0.1) is 22.0 Å². The summed E-state index contributed by atoms with van der Waals surface area (Å²) < 4.78 is 0. The van der Waals surface area contributed by atoms with Gasteiger partial charge in [-0.1, -0.05) is 42.0 Å². The van der Waals surface area contributed by atoms with Crippen LogP contribution in [-0.4, -0.2) is 11.0 Å². The highest BCUT2D eigenvalue weighted by molar-refractivity contribution is 6.31. The third-order valence-corrected chi connectivity index (χ3v) is 4.27. The zero-order chi connectivity index (χ0) is 12.0. The Morgan fingerprint density at radius 2 is 1.94 bits per heavy atom. The van der Waals surface area contributed by atoms with E-state index in [4.69, 9.17) is 11.6 Å². The number of halogens is 1. The fourth-order valence-corrected chi connectivity index (χ4v) is 3.51. The first kappa shape index (κ1) is 10.8. The van der Waals surface area contributed by atoms with Gasteiger partial charge in [-0.05, 0) is 24.0 Å².